The van der Waals surface area contributed by atoms with E-state index in [9.17, 15) is 14.7 Å². The Kier molecular flexibility index (Phi) is 8.14. The molecule has 0 aliphatic rings. The highest BCUT2D eigenvalue weighted by molar-refractivity contribution is 9.10. The van der Waals surface area contributed by atoms with Gasteiger partial charge in [0, 0.05) is 28.2 Å². The summed E-state index contributed by atoms with van der Waals surface area (Å²) in [5, 5.41) is 9.32. The molecule has 0 aliphatic carbocycles. The quantitative estimate of drug-likeness (QED) is 0.520. The summed E-state index contributed by atoms with van der Waals surface area (Å²) in [4.78, 5) is 32.7. The van der Waals surface area contributed by atoms with Crippen molar-refractivity contribution < 1.29 is 19.4 Å². The Morgan fingerprint density at radius 2 is 1.52 bits per heavy atom. The summed E-state index contributed by atoms with van der Waals surface area (Å²) in [6.45, 7) is 0.0426. The van der Waals surface area contributed by atoms with E-state index >= 15 is 0 Å². The Balaban J connectivity index is 1.72. The van der Waals surface area contributed by atoms with Gasteiger partial charge < -0.3 is 14.7 Å². The predicted octanol–water partition coefficient (Wildman–Crippen LogP) is 4.13. The summed E-state index contributed by atoms with van der Waals surface area (Å²) in [7, 11) is 0. The number of carbonyl (C=O) groups is 2. The van der Waals surface area contributed by atoms with Gasteiger partial charge in [0.25, 0.3) is 5.91 Å². The first-order chi connectivity index (χ1) is 15.1. The van der Waals surface area contributed by atoms with Gasteiger partial charge in [0.15, 0.2) is 0 Å². The van der Waals surface area contributed by atoms with Crippen molar-refractivity contribution in [2.75, 3.05) is 36.1 Å². The minimum Gasteiger partial charge on any atom is -0.447 e. The molecular formula is C23H22BrN3O4. The lowest BCUT2D eigenvalue weighted by molar-refractivity contribution is 0.0974. The predicted molar refractivity (Wildman–Crippen MR) is 122 cm³/mol. The lowest BCUT2D eigenvalue weighted by Crippen LogP contribution is -2.38. The van der Waals surface area contributed by atoms with Crippen molar-refractivity contribution in [3.63, 3.8) is 0 Å². The molecule has 2 amide bonds. The fourth-order valence-corrected chi connectivity index (χ4v) is 3.34. The van der Waals surface area contributed by atoms with Crippen LogP contribution in [0, 0.1) is 0 Å². The van der Waals surface area contributed by atoms with Gasteiger partial charge in [0.2, 0.25) is 0 Å². The molecule has 0 radical (unpaired) electrons. The summed E-state index contributed by atoms with van der Waals surface area (Å²) in [5.74, 6) is -0.258. The van der Waals surface area contributed by atoms with E-state index in [1.54, 1.807) is 36.5 Å². The fourth-order valence-electron chi connectivity index (χ4n) is 2.98. The monoisotopic (exact) mass is 483 g/mol. The zero-order valence-corrected chi connectivity index (χ0v) is 18.3. The fraction of sp³-hybridized carbons (Fsp3) is 0.174. The number of carbonyl (C=O) groups excluding carboxylic acids is 2. The third-order valence-electron chi connectivity index (χ3n) is 4.42. The largest absolute Gasteiger partial charge is 0.447 e. The van der Waals surface area contributed by atoms with Crippen LogP contribution in [0.15, 0.2) is 83.6 Å². The van der Waals surface area contributed by atoms with E-state index in [1.807, 2.05) is 36.4 Å². The molecule has 0 saturated heterocycles. The first-order valence-corrected chi connectivity index (χ1v) is 10.5. The molecule has 160 valence electrons. The second-order valence-corrected chi connectivity index (χ2v) is 7.43. The molecule has 1 N–H and O–H groups in total. The summed E-state index contributed by atoms with van der Waals surface area (Å²) < 4.78 is 6.12. The highest BCUT2D eigenvalue weighted by Gasteiger charge is 2.21. The van der Waals surface area contributed by atoms with Crippen molar-refractivity contribution in [1.82, 2.24) is 4.98 Å². The van der Waals surface area contributed by atoms with Crippen molar-refractivity contribution in [2.24, 2.45) is 0 Å². The molecule has 0 bridgehead atoms. The number of aliphatic hydroxyl groups excluding tert-OH is 1. The third kappa shape index (κ3) is 6.13. The zero-order valence-electron chi connectivity index (χ0n) is 16.7. The van der Waals surface area contributed by atoms with Crippen molar-refractivity contribution in [3.05, 3.63) is 89.2 Å². The number of rotatable bonds is 8. The highest BCUT2D eigenvalue weighted by atomic mass is 79.9. The number of hydrogen-bond donors (Lipinski definition) is 1. The van der Waals surface area contributed by atoms with Crippen molar-refractivity contribution >= 4 is 39.3 Å². The van der Waals surface area contributed by atoms with E-state index < -0.39 is 6.09 Å². The number of ether oxygens (including phenoxy) is 1. The number of aromatic nitrogens is 1. The van der Waals surface area contributed by atoms with E-state index in [4.69, 9.17) is 4.74 Å². The molecule has 0 aliphatic heterocycles. The number of benzene rings is 2. The highest BCUT2D eigenvalue weighted by Crippen LogP contribution is 2.19. The number of para-hydroxylation sites is 2. The topological polar surface area (TPSA) is 83.0 Å². The van der Waals surface area contributed by atoms with E-state index in [2.05, 4.69) is 20.9 Å². The van der Waals surface area contributed by atoms with Crippen LogP contribution in [-0.4, -0.2) is 48.4 Å². The molecular weight excluding hydrogens is 462 g/mol. The van der Waals surface area contributed by atoms with Crippen LogP contribution in [-0.2, 0) is 4.74 Å². The molecule has 8 heteroatoms. The van der Waals surface area contributed by atoms with Crippen molar-refractivity contribution in [2.45, 2.75) is 0 Å². The maximum absolute atomic E-state index is 13.1. The Morgan fingerprint density at radius 3 is 2.10 bits per heavy atom. The standard InChI is InChI=1S/C23H22BrN3O4/c24-19-15-18(16-25-17-19)22(29)26(20-7-3-1-4-8-20)12-14-31-23(30)27(11-13-28)21-9-5-2-6-10-21/h1-10,15-17,28H,11-14H2. The van der Waals surface area contributed by atoms with Gasteiger partial charge in [-0.15, -0.1) is 0 Å². The van der Waals surface area contributed by atoms with Gasteiger partial charge in [-0.1, -0.05) is 36.4 Å². The normalized spacial score (nSPS) is 10.4. The van der Waals surface area contributed by atoms with Crippen LogP contribution < -0.4 is 9.80 Å². The Labute approximate surface area is 189 Å². The smallest absolute Gasteiger partial charge is 0.414 e. The number of anilines is 2. The minimum absolute atomic E-state index is 0.0182. The minimum atomic E-state index is -0.593. The average Bonchev–Trinajstić information content (AvgIpc) is 2.81. The molecule has 31 heavy (non-hydrogen) atoms. The molecule has 1 aromatic heterocycles. The van der Waals surface area contributed by atoms with E-state index in [1.165, 1.54) is 16.0 Å². The summed E-state index contributed by atoms with van der Waals surface area (Å²) in [6.07, 6.45) is 2.50. The lowest BCUT2D eigenvalue weighted by Gasteiger charge is -2.25. The molecule has 3 rings (SSSR count). The van der Waals surface area contributed by atoms with Gasteiger partial charge in [-0.2, -0.15) is 0 Å². The molecule has 3 aromatic rings. The maximum Gasteiger partial charge on any atom is 0.414 e. The molecule has 7 nitrogen and oxygen atoms in total. The van der Waals surface area contributed by atoms with Crippen LogP contribution >= 0.6 is 15.9 Å². The van der Waals surface area contributed by atoms with Crippen LogP contribution in [0.5, 0.6) is 0 Å². The molecule has 0 unspecified atom stereocenters. The van der Waals surface area contributed by atoms with Crippen LogP contribution in [0.2, 0.25) is 0 Å². The zero-order chi connectivity index (χ0) is 22.1. The molecule has 1 heterocycles. The average molecular weight is 484 g/mol. The molecule has 0 spiro atoms. The van der Waals surface area contributed by atoms with Crippen molar-refractivity contribution in [3.8, 4) is 0 Å². The Hall–Kier alpha value is -3.23. The van der Waals surface area contributed by atoms with Gasteiger partial charge in [0.05, 0.1) is 25.3 Å². The van der Waals surface area contributed by atoms with Gasteiger partial charge in [-0.3, -0.25) is 14.7 Å². The van der Waals surface area contributed by atoms with Gasteiger partial charge in [-0.05, 0) is 46.3 Å². The van der Waals surface area contributed by atoms with E-state index in [-0.39, 0.29) is 32.2 Å². The summed E-state index contributed by atoms with van der Waals surface area (Å²) in [6, 6.07) is 19.8. The number of aliphatic hydroxyl groups is 1. The summed E-state index contributed by atoms with van der Waals surface area (Å²) >= 11 is 3.33. The molecule has 0 saturated carbocycles. The van der Waals surface area contributed by atoms with Crippen molar-refractivity contribution in [1.29, 1.82) is 0 Å². The number of hydrogen-bond acceptors (Lipinski definition) is 5. The van der Waals surface area contributed by atoms with Crippen LogP contribution in [0.3, 0.4) is 0 Å². The Bertz CT molecular complexity index is 1000. The number of halogens is 1. The third-order valence-corrected chi connectivity index (χ3v) is 4.85. The summed E-state index contributed by atoms with van der Waals surface area (Å²) in [5.41, 5.74) is 1.72. The van der Waals surface area contributed by atoms with Gasteiger partial charge in [-0.25, -0.2) is 4.79 Å². The molecule has 0 fully saturated rings. The lowest BCUT2D eigenvalue weighted by atomic mass is 10.2. The SMILES string of the molecule is O=C(OCCN(C(=O)c1cncc(Br)c1)c1ccccc1)N(CCO)c1ccccc1. The van der Waals surface area contributed by atoms with E-state index in [0.717, 1.165) is 0 Å². The maximum atomic E-state index is 13.1. The van der Waals surface area contributed by atoms with Crippen LogP contribution in [0.25, 0.3) is 0 Å². The van der Waals surface area contributed by atoms with Gasteiger partial charge >= 0.3 is 6.09 Å². The molecule has 2 aromatic carbocycles. The van der Waals surface area contributed by atoms with Crippen LogP contribution in [0.4, 0.5) is 16.2 Å². The second kappa shape index (κ2) is 11.2. The second-order valence-electron chi connectivity index (χ2n) is 6.51. The Morgan fingerprint density at radius 1 is 0.903 bits per heavy atom. The first kappa shape index (κ1) is 22.5. The number of pyridine rings is 1. The molecule has 0 atom stereocenters. The number of nitrogens with zero attached hydrogens (tertiary/aromatic N) is 3. The first-order valence-electron chi connectivity index (χ1n) is 9.68. The van der Waals surface area contributed by atoms with Crippen LogP contribution in [0.1, 0.15) is 10.4 Å². The number of amides is 2. The van der Waals surface area contributed by atoms with E-state index in [0.29, 0.717) is 21.4 Å². The van der Waals surface area contributed by atoms with Gasteiger partial charge in [0.1, 0.15) is 6.61 Å².